The summed E-state index contributed by atoms with van der Waals surface area (Å²) in [6.07, 6.45) is 5.52. The average molecular weight is 385 g/mol. The van der Waals surface area contributed by atoms with Gasteiger partial charge in [-0.05, 0) is 43.6 Å². The van der Waals surface area contributed by atoms with E-state index in [0.29, 0.717) is 30.4 Å². The van der Waals surface area contributed by atoms with Crippen LogP contribution in [0.2, 0.25) is 0 Å². The van der Waals surface area contributed by atoms with Gasteiger partial charge in [0, 0.05) is 12.6 Å². The van der Waals surface area contributed by atoms with E-state index in [2.05, 4.69) is 50.0 Å². The largest absolute Gasteiger partial charge is 0.394 e. The predicted molar refractivity (Wildman–Crippen MR) is 113 cm³/mol. The molecule has 1 atom stereocenters. The molecule has 28 heavy (non-hydrogen) atoms. The fraction of sp³-hybridized carbons (Fsp3) is 0.571. The number of anilines is 3. The van der Waals surface area contributed by atoms with Crippen LogP contribution in [0.25, 0.3) is 0 Å². The second-order valence-electron chi connectivity index (χ2n) is 7.68. The van der Waals surface area contributed by atoms with Crippen LogP contribution in [0.3, 0.4) is 0 Å². The van der Waals surface area contributed by atoms with Crippen LogP contribution in [0.15, 0.2) is 30.3 Å². The predicted octanol–water partition coefficient (Wildman–Crippen LogP) is 3.66. The second kappa shape index (κ2) is 10.2. The molecular weight excluding hydrogens is 352 g/mol. The summed E-state index contributed by atoms with van der Waals surface area (Å²) in [4.78, 5) is 13.6. The third kappa shape index (κ3) is 6.05. The molecule has 1 aromatic heterocycles. The molecular formula is C21H32N6O. The summed E-state index contributed by atoms with van der Waals surface area (Å²) < 4.78 is 0. The smallest absolute Gasteiger partial charge is 0.229 e. The van der Waals surface area contributed by atoms with Gasteiger partial charge in [0.15, 0.2) is 0 Å². The van der Waals surface area contributed by atoms with E-state index in [0.717, 1.165) is 30.7 Å². The van der Waals surface area contributed by atoms with Crippen LogP contribution in [0.1, 0.15) is 51.5 Å². The van der Waals surface area contributed by atoms with Crippen LogP contribution in [0.4, 0.5) is 17.8 Å². The summed E-state index contributed by atoms with van der Waals surface area (Å²) in [5, 5.41) is 19.5. The Morgan fingerprint density at radius 1 is 1.00 bits per heavy atom. The van der Waals surface area contributed by atoms with Crippen LogP contribution in [-0.2, 0) is 6.54 Å². The first kappa shape index (κ1) is 20.3. The third-order valence-corrected chi connectivity index (χ3v) is 5.32. The lowest BCUT2D eigenvalue weighted by atomic mass is 9.87. The highest BCUT2D eigenvalue weighted by atomic mass is 16.3. The molecule has 1 aliphatic carbocycles. The third-order valence-electron chi connectivity index (χ3n) is 5.32. The number of aliphatic hydroxyl groups excluding tert-OH is 1. The van der Waals surface area contributed by atoms with Gasteiger partial charge in [-0.15, -0.1) is 0 Å². The van der Waals surface area contributed by atoms with E-state index in [-0.39, 0.29) is 12.6 Å². The zero-order valence-electron chi connectivity index (χ0n) is 16.9. The average Bonchev–Trinajstić information content (AvgIpc) is 2.73. The minimum atomic E-state index is -0.0762. The van der Waals surface area contributed by atoms with Crippen LogP contribution >= 0.6 is 0 Å². The van der Waals surface area contributed by atoms with Crippen molar-refractivity contribution in [3.8, 4) is 0 Å². The van der Waals surface area contributed by atoms with Crippen molar-refractivity contribution in [2.45, 2.75) is 64.6 Å². The Labute approximate surface area is 167 Å². The van der Waals surface area contributed by atoms with Crippen molar-refractivity contribution in [3.63, 3.8) is 0 Å². The lowest BCUT2D eigenvalue weighted by molar-refractivity contribution is 0.271. The molecule has 7 nitrogen and oxygen atoms in total. The quantitative estimate of drug-likeness (QED) is 0.524. The number of aliphatic hydroxyl groups is 1. The second-order valence-corrected chi connectivity index (χ2v) is 7.68. The Morgan fingerprint density at radius 2 is 1.68 bits per heavy atom. The molecule has 0 unspecified atom stereocenters. The maximum atomic E-state index is 9.50. The van der Waals surface area contributed by atoms with E-state index in [1.54, 1.807) is 0 Å². The van der Waals surface area contributed by atoms with Gasteiger partial charge in [-0.3, -0.25) is 0 Å². The van der Waals surface area contributed by atoms with Gasteiger partial charge < -0.3 is 21.1 Å². The summed E-state index contributed by atoms with van der Waals surface area (Å²) in [5.41, 5.74) is 1.16. The Hall–Kier alpha value is -2.41. The summed E-state index contributed by atoms with van der Waals surface area (Å²) >= 11 is 0. The first-order chi connectivity index (χ1) is 13.7. The van der Waals surface area contributed by atoms with Crippen LogP contribution in [0, 0.1) is 5.92 Å². The van der Waals surface area contributed by atoms with Gasteiger partial charge in [0.05, 0.1) is 12.6 Å². The van der Waals surface area contributed by atoms with Crippen LogP contribution in [0.5, 0.6) is 0 Å². The molecule has 1 aliphatic rings. The fourth-order valence-electron chi connectivity index (χ4n) is 3.41. The standard InChI is InChI=1S/C21H32N6O/c1-3-17(14-28)23-20-25-19(22-13-16-7-5-4-6-8-16)26-21(27-20)24-18-11-9-15(2)10-12-18/h4-8,15,17-18,28H,3,9-14H2,1-2H3,(H3,22,23,24,25,26,27)/t15?,17-,18?/m1/s1. The summed E-state index contributed by atoms with van der Waals surface area (Å²) in [7, 11) is 0. The molecule has 4 N–H and O–H groups in total. The highest BCUT2D eigenvalue weighted by molar-refractivity contribution is 5.43. The Bertz CT molecular complexity index is 714. The van der Waals surface area contributed by atoms with Gasteiger partial charge in [-0.1, -0.05) is 44.2 Å². The van der Waals surface area contributed by atoms with Gasteiger partial charge >= 0.3 is 0 Å². The van der Waals surface area contributed by atoms with E-state index in [4.69, 9.17) is 0 Å². The lowest BCUT2D eigenvalue weighted by Gasteiger charge is -2.27. The molecule has 1 aromatic carbocycles. The Balaban J connectivity index is 1.73. The number of benzene rings is 1. The van der Waals surface area contributed by atoms with Crippen molar-refractivity contribution in [1.29, 1.82) is 0 Å². The molecule has 0 radical (unpaired) electrons. The van der Waals surface area contributed by atoms with Crippen molar-refractivity contribution in [2.24, 2.45) is 5.92 Å². The number of nitrogens with zero attached hydrogens (tertiary/aromatic N) is 3. The molecule has 0 aliphatic heterocycles. The number of nitrogens with one attached hydrogen (secondary N) is 3. The van der Waals surface area contributed by atoms with Crippen molar-refractivity contribution in [3.05, 3.63) is 35.9 Å². The molecule has 0 saturated heterocycles. The maximum Gasteiger partial charge on any atom is 0.229 e. The molecule has 1 fully saturated rings. The minimum Gasteiger partial charge on any atom is -0.394 e. The summed E-state index contributed by atoms with van der Waals surface area (Å²) in [6, 6.07) is 10.5. The zero-order chi connectivity index (χ0) is 19.8. The summed E-state index contributed by atoms with van der Waals surface area (Å²) in [6.45, 7) is 5.01. The van der Waals surface area contributed by atoms with Gasteiger partial charge in [0.2, 0.25) is 17.8 Å². The Kier molecular flexibility index (Phi) is 7.42. The first-order valence-corrected chi connectivity index (χ1v) is 10.3. The van der Waals surface area contributed by atoms with Gasteiger partial charge in [0.1, 0.15) is 0 Å². The van der Waals surface area contributed by atoms with E-state index < -0.39 is 0 Å². The van der Waals surface area contributed by atoms with Crippen molar-refractivity contribution >= 4 is 17.8 Å². The van der Waals surface area contributed by atoms with Crippen molar-refractivity contribution in [1.82, 2.24) is 15.0 Å². The SMILES string of the molecule is CC[C@H](CO)Nc1nc(NCc2ccccc2)nc(NC2CCC(C)CC2)n1. The Morgan fingerprint density at radius 3 is 2.36 bits per heavy atom. The van der Waals surface area contributed by atoms with Gasteiger partial charge in [-0.2, -0.15) is 15.0 Å². The minimum absolute atomic E-state index is 0.0399. The molecule has 2 aromatic rings. The lowest BCUT2D eigenvalue weighted by Crippen LogP contribution is -2.28. The maximum absolute atomic E-state index is 9.50. The highest BCUT2D eigenvalue weighted by Crippen LogP contribution is 2.25. The van der Waals surface area contributed by atoms with Gasteiger partial charge in [-0.25, -0.2) is 0 Å². The van der Waals surface area contributed by atoms with E-state index in [1.807, 2.05) is 25.1 Å². The zero-order valence-corrected chi connectivity index (χ0v) is 16.9. The summed E-state index contributed by atoms with van der Waals surface area (Å²) in [5.74, 6) is 2.39. The number of aromatic nitrogens is 3. The first-order valence-electron chi connectivity index (χ1n) is 10.3. The molecule has 0 spiro atoms. The van der Waals surface area contributed by atoms with E-state index in [1.165, 1.54) is 12.8 Å². The molecule has 0 bridgehead atoms. The molecule has 1 saturated carbocycles. The van der Waals surface area contributed by atoms with E-state index in [9.17, 15) is 5.11 Å². The van der Waals surface area contributed by atoms with Crippen LogP contribution in [-0.4, -0.2) is 38.7 Å². The molecule has 1 heterocycles. The normalized spacial score (nSPS) is 20.4. The molecule has 7 heteroatoms. The topological polar surface area (TPSA) is 95.0 Å². The number of hydrogen-bond donors (Lipinski definition) is 4. The fourth-order valence-corrected chi connectivity index (χ4v) is 3.41. The molecule has 3 rings (SSSR count). The van der Waals surface area contributed by atoms with Gasteiger partial charge in [0.25, 0.3) is 0 Å². The highest BCUT2D eigenvalue weighted by Gasteiger charge is 2.19. The van der Waals surface area contributed by atoms with Crippen molar-refractivity contribution < 1.29 is 5.11 Å². The molecule has 152 valence electrons. The molecule has 0 amide bonds. The van der Waals surface area contributed by atoms with Crippen LogP contribution < -0.4 is 16.0 Å². The number of rotatable bonds is 9. The van der Waals surface area contributed by atoms with E-state index >= 15 is 0 Å². The van der Waals surface area contributed by atoms with Crippen molar-refractivity contribution in [2.75, 3.05) is 22.6 Å². The number of hydrogen-bond acceptors (Lipinski definition) is 7. The monoisotopic (exact) mass is 384 g/mol.